The Hall–Kier alpha value is -2.54. The van der Waals surface area contributed by atoms with Crippen LogP contribution in [-0.4, -0.2) is 45.2 Å². The van der Waals surface area contributed by atoms with Gasteiger partial charge in [0.2, 0.25) is 0 Å². The average Bonchev–Trinajstić information content (AvgIpc) is 3.22. The van der Waals surface area contributed by atoms with E-state index in [-0.39, 0.29) is 5.91 Å². The lowest BCUT2D eigenvalue weighted by molar-refractivity contribution is 0.0954. The summed E-state index contributed by atoms with van der Waals surface area (Å²) in [5.41, 5.74) is 0.615. The summed E-state index contributed by atoms with van der Waals surface area (Å²) >= 11 is 1.79. The highest BCUT2D eigenvalue weighted by molar-refractivity contribution is 7.09. The minimum Gasteiger partial charge on any atom is -0.497 e. The zero-order valence-corrected chi connectivity index (χ0v) is 17.6. The zero-order valence-electron chi connectivity index (χ0n) is 16.8. The third-order valence-electron chi connectivity index (χ3n) is 4.09. The highest BCUT2D eigenvalue weighted by atomic mass is 32.1. The lowest BCUT2D eigenvalue weighted by atomic mass is 10.1. The van der Waals surface area contributed by atoms with E-state index >= 15 is 0 Å². The molecule has 1 unspecified atom stereocenters. The number of hydrogen-bond donors (Lipinski definition) is 3. The number of methoxy groups -OCH3 is 1. The van der Waals surface area contributed by atoms with Gasteiger partial charge in [-0.15, -0.1) is 11.3 Å². The number of guanidine groups is 1. The van der Waals surface area contributed by atoms with Gasteiger partial charge in [0.1, 0.15) is 5.75 Å². The third kappa shape index (κ3) is 7.60. The molecular formula is C21H30N4O2S. The number of amides is 1. The van der Waals surface area contributed by atoms with Crippen LogP contribution in [0.3, 0.4) is 0 Å². The smallest absolute Gasteiger partial charge is 0.251 e. The van der Waals surface area contributed by atoms with Crippen molar-refractivity contribution in [3.8, 4) is 5.75 Å². The molecule has 28 heavy (non-hydrogen) atoms. The van der Waals surface area contributed by atoms with E-state index in [4.69, 9.17) is 4.74 Å². The number of ether oxygens (including phenoxy) is 1. The van der Waals surface area contributed by atoms with Gasteiger partial charge in [-0.05, 0) is 55.0 Å². The van der Waals surface area contributed by atoms with E-state index in [1.54, 1.807) is 42.7 Å². The maximum Gasteiger partial charge on any atom is 0.251 e. The van der Waals surface area contributed by atoms with E-state index in [9.17, 15) is 4.79 Å². The van der Waals surface area contributed by atoms with Crippen LogP contribution in [0, 0.1) is 5.92 Å². The number of thiophene rings is 1. The number of hydrogen-bond acceptors (Lipinski definition) is 4. The first-order chi connectivity index (χ1) is 13.6. The van der Waals surface area contributed by atoms with Gasteiger partial charge in [-0.3, -0.25) is 9.79 Å². The Kier molecular flexibility index (Phi) is 9.34. The first kappa shape index (κ1) is 21.8. The monoisotopic (exact) mass is 402 g/mol. The Balaban J connectivity index is 1.73. The molecule has 2 rings (SSSR count). The van der Waals surface area contributed by atoms with Crippen molar-refractivity contribution in [3.63, 3.8) is 0 Å². The summed E-state index contributed by atoms with van der Waals surface area (Å²) in [5.74, 6) is 1.89. The molecule has 0 saturated heterocycles. The van der Waals surface area contributed by atoms with Crippen molar-refractivity contribution >= 4 is 23.2 Å². The molecule has 7 heteroatoms. The Labute approximate surface area is 171 Å². The Morgan fingerprint density at radius 1 is 1.14 bits per heavy atom. The van der Waals surface area contributed by atoms with Crippen LogP contribution >= 0.6 is 11.3 Å². The molecule has 0 bridgehead atoms. The highest BCUT2D eigenvalue weighted by Gasteiger charge is 2.07. The molecule has 1 amide bonds. The molecule has 1 aromatic carbocycles. The van der Waals surface area contributed by atoms with E-state index in [0.717, 1.165) is 31.2 Å². The van der Waals surface area contributed by atoms with Crippen LogP contribution in [0.25, 0.3) is 0 Å². The highest BCUT2D eigenvalue weighted by Crippen LogP contribution is 2.14. The van der Waals surface area contributed by atoms with E-state index in [2.05, 4.69) is 45.4 Å². The molecule has 1 aromatic heterocycles. The summed E-state index contributed by atoms with van der Waals surface area (Å²) in [4.78, 5) is 18.2. The minimum absolute atomic E-state index is 0.101. The molecule has 0 aliphatic heterocycles. The predicted octanol–water partition coefficient (Wildman–Crippen LogP) is 2.92. The predicted molar refractivity (Wildman–Crippen MR) is 116 cm³/mol. The molecule has 1 atom stereocenters. The van der Waals surface area contributed by atoms with Crippen LogP contribution in [-0.2, 0) is 6.42 Å². The van der Waals surface area contributed by atoms with E-state index < -0.39 is 0 Å². The van der Waals surface area contributed by atoms with Gasteiger partial charge in [0.05, 0.1) is 7.11 Å². The van der Waals surface area contributed by atoms with Crippen LogP contribution in [0.15, 0.2) is 46.8 Å². The summed E-state index contributed by atoms with van der Waals surface area (Å²) in [5, 5.41) is 11.5. The van der Waals surface area contributed by atoms with Crippen molar-refractivity contribution in [3.05, 3.63) is 52.2 Å². The molecule has 2 aromatic rings. The van der Waals surface area contributed by atoms with Crippen LogP contribution in [0.5, 0.6) is 5.75 Å². The van der Waals surface area contributed by atoms with Crippen molar-refractivity contribution in [1.82, 2.24) is 16.0 Å². The van der Waals surface area contributed by atoms with Gasteiger partial charge in [0, 0.05) is 36.6 Å². The first-order valence-corrected chi connectivity index (χ1v) is 10.5. The minimum atomic E-state index is -0.101. The van der Waals surface area contributed by atoms with Gasteiger partial charge >= 0.3 is 0 Å². The number of aliphatic imine (C=N–C) groups is 1. The topological polar surface area (TPSA) is 74.8 Å². The lowest BCUT2D eigenvalue weighted by Crippen LogP contribution is -2.41. The van der Waals surface area contributed by atoms with E-state index in [0.29, 0.717) is 24.6 Å². The first-order valence-electron chi connectivity index (χ1n) is 9.59. The summed E-state index contributed by atoms with van der Waals surface area (Å²) in [6.07, 6.45) is 1.04. The van der Waals surface area contributed by atoms with E-state index in [1.807, 2.05) is 6.92 Å². The zero-order chi connectivity index (χ0) is 20.2. The van der Waals surface area contributed by atoms with Crippen molar-refractivity contribution < 1.29 is 9.53 Å². The van der Waals surface area contributed by atoms with Gasteiger partial charge < -0.3 is 20.7 Å². The molecular weight excluding hydrogens is 372 g/mol. The summed E-state index contributed by atoms with van der Waals surface area (Å²) < 4.78 is 5.10. The number of rotatable bonds is 10. The number of carbonyl (C=O) groups is 1. The number of nitrogens with zero attached hydrogens (tertiary/aromatic N) is 1. The Bertz CT molecular complexity index is 729. The maximum atomic E-state index is 12.2. The van der Waals surface area contributed by atoms with Crippen molar-refractivity contribution in [2.45, 2.75) is 20.3 Å². The van der Waals surface area contributed by atoms with Gasteiger partial charge in [-0.1, -0.05) is 13.0 Å². The fourth-order valence-electron chi connectivity index (χ4n) is 2.63. The molecule has 0 fully saturated rings. The van der Waals surface area contributed by atoms with Crippen LogP contribution < -0.4 is 20.7 Å². The van der Waals surface area contributed by atoms with Gasteiger partial charge in [-0.25, -0.2) is 0 Å². The molecule has 3 N–H and O–H groups in total. The maximum absolute atomic E-state index is 12.2. The summed E-state index contributed by atoms with van der Waals surface area (Å²) in [6.45, 7) is 6.92. The van der Waals surface area contributed by atoms with Gasteiger partial charge in [-0.2, -0.15) is 0 Å². The molecule has 0 aliphatic rings. The van der Waals surface area contributed by atoms with Crippen LogP contribution in [0.4, 0.5) is 0 Å². The fraction of sp³-hybridized carbons (Fsp3) is 0.429. The third-order valence-corrected chi connectivity index (χ3v) is 4.99. The Morgan fingerprint density at radius 2 is 1.89 bits per heavy atom. The molecule has 0 aliphatic carbocycles. The quantitative estimate of drug-likeness (QED) is 0.325. The standard InChI is InChI=1S/C21H30N4O2S/c1-4-22-21(25-15-16(2)14-19-6-5-13-28-19)24-12-11-23-20(26)17-7-9-18(27-3)10-8-17/h5-10,13,16H,4,11-12,14-15H2,1-3H3,(H,23,26)(H2,22,24,25). The molecule has 1 heterocycles. The van der Waals surface area contributed by atoms with E-state index in [1.165, 1.54) is 4.88 Å². The number of nitrogens with one attached hydrogen (secondary N) is 3. The Morgan fingerprint density at radius 3 is 2.54 bits per heavy atom. The fourth-order valence-corrected chi connectivity index (χ4v) is 3.50. The van der Waals surface area contributed by atoms with Crippen LogP contribution in [0.2, 0.25) is 0 Å². The second-order valence-corrected chi connectivity index (χ2v) is 7.55. The summed E-state index contributed by atoms with van der Waals surface area (Å²) in [7, 11) is 1.60. The second kappa shape index (κ2) is 12.0. The molecule has 0 spiro atoms. The summed E-state index contributed by atoms with van der Waals surface area (Å²) in [6, 6.07) is 11.3. The largest absolute Gasteiger partial charge is 0.497 e. The second-order valence-electron chi connectivity index (χ2n) is 6.52. The average molecular weight is 403 g/mol. The molecule has 0 saturated carbocycles. The number of carbonyl (C=O) groups excluding carboxylic acids is 1. The molecule has 152 valence electrons. The number of benzene rings is 1. The van der Waals surface area contributed by atoms with Crippen LogP contribution in [0.1, 0.15) is 29.1 Å². The van der Waals surface area contributed by atoms with Crippen molar-refractivity contribution in [2.75, 3.05) is 33.3 Å². The van der Waals surface area contributed by atoms with Gasteiger partial charge in [0.25, 0.3) is 5.91 Å². The van der Waals surface area contributed by atoms with Crippen molar-refractivity contribution in [2.24, 2.45) is 10.9 Å². The van der Waals surface area contributed by atoms with Crippen molar-refractivity contribution in [1.29, 1.82) is 0 Å². The molecule has 6 nitrogen and oxygen atoms in total. The SMILES string of the molecule is CCNC(=NCC(C)Cc1cccs1)NCCNC(=O)c1ccc(OC)cc1. The molecule has 0 radical (unpaired) electrons. The normalized spacial score (nSPS) is 12.3. The lowest BCUT2D eigenvalue weighted by Gasteiger charge is -2.13. The van der Waals surface area contributed by atoms with Gasteiger partial charge in [0.15, 0.2) is 5.96 Å².